The first kappa shape index (κ1) is 16.4. The molecule has 0 rings (SSSR count). The molecule has 104 valence electrons. The van der Waals surface area contributed by atoms with Crippen LogP contribution in [0.4, 0.5) is 4.79 Å². The van der Waals surface area contributed by atoms with Crippen molar-refractivity contribution in [3.8, 4) is 0 Å². The first-order valence-electron chi connectivity index (χ1n) is 5.54. The van der Waals surface area contributed by atoms with Crippen LogP contribution < -0.4 is 5.32 Å². The van der Waals surface area contributed by atoms with Crippen molar-refractivity contribution < 1.29 is 24.2 Å². The zero-order valence-electron chi connectivity index (χ0n) is 10.6. The topological polar surface area (TPSA) is 88.1 Å². The normalized spacial score (nSPS) is 9.83. The Hall–Kier alpha value is -1.60. The minimum absolute atomic E-state index is 0.157. The van der Waals surface area contributed by atoms with Crippen LogP contribution in [0.3, 0.4) is 0 Å². The lowest BCUT2D eigenvalue weighted by molar-refractivity contribution is -0.142. The highest BCUT2D eigenvalue weighted by Gasteiger charge is 2.10. The van der Waals surface area contributed by atoms with E-state index in [0.717, 1.165) is 0 Å². The van der Waals surface area contributed by atoms with Gasteiger partial charge in [0.1, 0.15) is 6.61 Å². The maximum atomic E-state index is 11.7. The summed E-state index contributed by atoms with van der Waals surface area (Å²) in [5, 5.41) is 10.9. The van der Waals surface area contributed by atoms with Gasteiger partial charge < -0.3 is 24.8 Å². The second kappa shape index (κ2) is 10.5. The number of urea groups is 1. The highest BCUT2D eigenvalue weighted by molar-refractivity contribution is 5.74. The van der Waals surface area contributed by atoms with E-state index in [1.165, 1.54) is 4.90 Å². The molecule has 0 fully saturated rings. The molecule has 7 heteroatoms. The first-order valence-corrected chi connectivity index (χ1v) is 5.54. The van der Waals surface area contributed by atoms with Crippen molar-refractivity contribution in [2.45, 2.75) is 0 Å². The van der Waals surface area contributed by atoms with Crippen molar-refractivity contribution in [3.63, 3.8) is 0 Å². The molecule has 0 aromatic heterocycles. The summed E-state index contributed by atoms with van der Waals surface area (Å²) < 4.78 is 9.68. The molecule has 0 bridgehead atoms. The minimum atomic E-state index is -1.03. The van der Waals surface area contributed by atoms with Gasteiger partial charge in [-0.15, -0.1) is 6.58 Å². The van der Waals surface area contributed by atoms with Crippen molar-refractivity contribution in [2.75, 3.05) is 46.6 Å². The van der Waals surface area contributed by atoms with Crippen LogP contribution in [0.15, 0.2) is 12.7 Å². The Morgan fingerprint density at radius 2 is 2.17 bits per heavy atom. The van der Waals surface area contributed by atoms with E-state index in [2.05, 4.69) is 11.9 Å². The fourth-order valence-corrected chi connectivity index (χ4v) is 1.13. The highest BCUT2D eigenvalue weighted by Crippen LogP contribution is 1.90. The summed E-state index contributed by atoms with van der Waals surface area (Å²) >= 11 is 0. The largest absolute Gasteiger partial charge is 0.480 e. The summed E-state index contributed by atoms with van der Waals surface area (Å²) in [6.07, 6.45) is 1.62. The van der Waals surface area contributed by atoms with E-state index >= 15 is 0 Å². The lowest BCUT2D eigenvalue weighted by Crippen LogP contribution is -2.42. The molecule has 0 aliphatic rings. The molecule has 7 nitrogen and oxygen atoms in total. The number of rotatable bonds is 10. The predicted molar refractivity (Wildman–Crippen MR) is 65.5 cm³/mol. The molecule has 0 aromatic carbocycles. The van der Waals surface area contributed by atoms with Crippen LogP contribution in [-0.4, -0.2) is 68.6 Å². The Balaban J connectivity index is 3.80. The molecule has 18 heavy (non-hydrogen) atoms. The molecule has 0 aliphatic carbocycles. The molecule has 0 spiro atoms. The molecule has 0 aromatic rings. The standard InChI is InChI=1S/C11H20N2O5/c1-3-5-13(6-8-17-2)11(16)12-4-7-18-9-10(14)15/h3H,1,4-9H2,2H3,(H,12,16)(H,14,15). The molecule has 2 amide bonds. The van der Waals surface area contributed by atoms with Crippen LogP contribution in [0.5, 0.6) is 0 Å². The number of carbonyl (C=O) groups is 2. The van der Waals surface area contributed by atoms with Gasteiger partial charge in [0.25, 0.3) is 0 Å². The first-order chi connectivity index (χ1) is 8.61. The van der Waals surface area contributed by atoms with Gasteiger partial charge in [0.05, 0.1) is 13.2 Å². The van der Waals surface area contributed by atoms with E-state index < -0.39 is 5.97 Å². The van der Waals surface area contributed by atoms with E-state index in [1.807, 2.05) is 0 Å². The summed E-state index contributed by atoms with van der Waals surface area (Å²) in [6.45, 7) is 4.94. The van der Waals surface area contributed by atoms with E-state index in [-0.39, 0.29) is 25.8 Å². The monoisotopic (exact) mass is 260 g/mol. The number of ether oxygens (including phenoxy) is 2. The number of nitrogens with zero attached hydrogens (tertiary/aromatic N) is 1. The summed E-state index contributed by atoms with van der Waals surface area (Å²) in [4.78, 5) is 23.4. The Kier molecular flexibility index (Phi) is 9.61. The molecular weight excluding hydrogens is 240 g/mol. The number of amides is 2. The van der Waals surface area contributed by atoms with Crippen LogP contribution >= 0.6 is 0 Å². The van der Waals surface area contributed by atoms with Gasteiger partial charge in [-0.05, 0) is 0 Å². The van der Waals surface area contributed by atoms with Crippen molar-refractivity contribution in [3.05, 3.63) is 12.7 Å². The third-order valence-electron chi connectivity index (χ3n) is 1.95. The fourth-order valence-electron chi connectivity index (χ4n) is 1.13. The van der Waals surface area contributed by atoms with Gasteiger partial charge in [0.2, 0.25) is 0 Å². The van der Waals surface area contributed by atoms with Crippen molar-refractivity contribution in [1.82, 2.24) is 10.2 Å². The zero-order valence-corrected chi connectivity index (χ0v) is 10.6. The third kappa shape index (κ3) is 8.54. The van der Waals surface area contributed by atoms with Gasteiger partial charge in [-0.1, -0.05) is 6.08 Å². The molecular formula is C11H20N2O5. The van der Waals surface area contributed by atoms with E-state index in [0.29, 0.717) is 19.7 Å². The molecule has 0 aliphatic heterocycles. The van der Waals surface area contributed by atoms with Crippen LogP contribution in [0, 0.1) is 0 Å². The van der Waals surface area contributed by atoms with Gasteiger partial charge in [-0.3, -0.25) is 0 Å². The smallest absolute Gasteiger partial charge is 0.329 e. The Labute approximate surface area is 106 Å². The maximum Gasteiger partial charge on any atom is 0.329 e. The zero-order chi connectivity index (χ0) is 13.8. The SMILES string of the molecule is C=CCN(CCOC)C(=O)NCCOCC(=O)O. The molecule has 0 unspecified atom stereocenters. The number of carboxylic acids is 1. The number of carboxylic acid groups (broad SMARTS) is 1. The number of nitrogens with one attached hydrogen (secondary N) is 1. The summed E-state index contributed by atoms with van der Waals surface area (Å²) in [5.41, 5.74) is 0. The lowest BCUT2D eigenvalue weighted by Gasteiger charge is -2.21. The van der Waals surface area contributed by atoms with Gasteiger partial charge in [0.15, 0.2) is 0 Å². The Morgan fingerprint density at radius 3 is 2.72 bits per heavy atom. The molecule has 0 atom stereocenters. The van der Waals surface area contributed by atoms with Gasteiger partial charge in [0, 0.05) is 26.7 Å². The summed E-state index contributed by atoms with van der Waals surface area (Å²) in [5.74, 6) is -1.03. The van der Waals surface area contributed by atoms with Crippen molar-refractivity contribution in [2.24, 2.45) is 0 Å². The van der Waals surface area contributed by atoms with Crippen molar-refractivity contribution in [1.29, 1.82) is 0 Å². The molecule has 0 saturated heterocycles. The van der Waals surface area contributed by atoms with Gasteiger partial charge in [-0.2, -0.15) is 0 Å². The van der Waals surface area contributed by atoms with Gasteiger partial charge in [-0.25, -0.2) is 9.59 Å². The molecule has 0 radical (unpaired) electrons. The second-order valence-corrected chi connectivity index (χ2v) is 3.41. The maximum absolute atomic E-state index is 11.7. The molecule has 0 heterocycles. The fraction of sp³-hybridized carbons (Fsp3) is 0.636. The summed E-state index contributed by atoms with van der Waals surface area (Å²) in [6, 6.07) is -0.258. The van der Waals surface area contributed by atoms with Crippen LogP contribution in [-0.2, 0) is 14.3 Å². The Bertz CT molecular complexity index is 270. The lowest BCUT2D eigenvalue weighted by atomic mass is 10.5. The predicted octanol–water partition coefficient (Wildman–Crippen LogP) is -0.0684. The second-order valence-electron chi connectivity index (χ2n) is 3.41. The number of hydrogen-bond acceptors (Lipinski definition) is 4. The van der Waals surface area contributed by atoms with Crippen LogP contribution in [0.2, 0.25) is 0 Å². The third-order valence-corrected chi connectivity index (χ3v) is 1.95. The summed E-state index contributed by atoms with van der Waals surface area (Å²) in [7, 11) is 1.56. The number of carbonyl (C=O) groups excluding carboxylic acids is 1. The van der Waals surface area contributed by atoms with Crippen molar-refractivity contribution >= 4 is 12.0 Å². The average molecular weight is 260 g/mol. The van der Waals surface area contributed by atoms with Gasteiger partial charge >= 0.3 is 12.0 Å². The number of methoxy groups -OCH3 is 1. The van der Waals surface area contributed by atoms with Crippen LogP contribution in [0.25, 0.3) is 0 Å². The average Bonchev–Trinajstić information content (AvgIpc) is 2.33. The van der Waals surface area contributed by atoms with E-state index in [9.17, 15) is 9.59 Å². The number of aliphatic carboxylic acids is 1. The minimum Gasteiger partial charge on any atom is -0.480 e. The molecule has 2 N–H and O–H groups in total. The number of hydrogen-bond donors (Lipinski definition) is 2. The van der Waals surface area contributed by atoms with Crippen LogP contribution in [0.1, 0.15) is 0 Å². The van der Waals surface area contributed by atoms with E-state index in [4.69, 9.17) is 14.6 Å². The highest BCUT2D eigenvalue weighted by atomic mass is 16.5. The quantitative estimate of drug-likeness (QED) is 0.424. The van der Waals surface area contributed by atoms with E-state index in [1.54, 1.807) is 13.2 Å². The Morgan fingerprint density at radius 1 is 1.44 bits per heavy atom. The molecule has 0 saturated carbocycles.